The van der Waals surface area contributed by atoms with Crippen LogP contribution in [0.4, 0.5) is 0 Å². The lowest BCUT2D eigenvalue weighted by molar-refractivity contribution is 0.462. The minimum Gasteiger partial charge on any atom is -0.508 e. The third kappa shape index (κ3) is 5.25. The van der Waals surface area contributed by atoms with Crippen LogP contribution in [-0.4, -0.2) is 20.4 Å². The minimum absolute atomic E-state index is 0.260. The molecule has 0 aliphatic heterocycles. The monoisotopic (exact) mass is 500 g/mol. The van der Waals surface area contributed by atoms with Crippen LogP contribution in [0.15, 0.2) is 121 Å². The van der Waals surface area contributed by atoms with E-state index in [0.29, 0.717) is 12.8 Å². The van der Waals surface area contributed by atoms with Crippen molar-refractivity contribution in [2.24, 2.45) is 0 Å². The van der Waals surface area contributed by atoms with Gasteiger partial charge in [0.1, 0.15) is 23.0 Å². The highest BCUT2D eigenvalue weighted by atomic mass is 16.3. The Labute approximate surface area is 221 Å². The molecule has 0 radical (unpaired) electrons. The van der Waals surface area contributed by atoms with Crippen LogP contribution in [0.3, 0.4) is 0 Å². The minimum atomic E-state index is 0.260. The predicted octanol–water partition coefficient (Wildman–Crippen LogP) is 7.68. The van der Waals surface area contributed by atoms with E-state index < -0.39 is 0 Å². The molecule has 188 valence electrons. The fourth-order valence-electron chi connectivity index (χ4n) is 4.72. The molecule has 0 aliphatic carbocycles. The average molecular weight is 501 g/mol. The van der Waals surface area contributed by atoms with Gasteiger partial charge < -0.3 is 20.4 Å². The lowest BCUT2D eigenvalue weighted by Crippen LogP contribution is -1.93. The maximum Gasteiger partial charge on any atom is 0.119 e. The lowest BCUT2D eigenvalue weighted by atomic mass is 9.94. The number of fused-ring (bicyclic) bond motifs is 2. The maximum absolute atomic E-state index is 10.4. The first-order valence-electron chi connectivity index (χ1n) is 12.4. The standard InChI is InChI=1S/C21H16O2.C13H12O2/c22-20-11-9-14-5-1-3-7-16(14)18(20)13-19-17-8-4-2-6-15(17)10-12-21(19)23;14-12-7-3-1-5-10(12)9-11-6-2-4-8-13(11)15/h1-12,22-23H,13H2;1-8,14-15H,9H2. The molecule has 4 nitrogen and oxygen atoms in total. The van der Waals surface area contributed by atoms with Crippen molar-refractivity contribution in [3.8, 4) is 23.0 Å². The molecule has 0 heterocycles. The molecule has 0 saturated heterocycles. The van der Waals surface area contributed by atoms with Gasteiger partial charge in [0, 0.05) is 24.0 Å². The van der Waals surface area contributed by atoms with Crippen LogP contribution >= 0.6 is 0 Å². The number of aromatic hydroxyl groups is 4. The summed E-state index contributed by atoms with van der Waals surface area (Å²) in [6.07, 6.45) is 1.03. The van der Waals surface area contributed by atoms with Crippen molar-refractivity contribution in [2.45, 2.75) is 12.8 Å². The van der Waals surface area contributed by atoms with Crippen molar-refractivity contribution in [3.05, 3.63) is 144 Å². The SMILES string of the molecule is Oc1ccc2ccccc2c1Cc1c(O)ccc2ccccc12.Oc1ccccc1Cc1ccccc1O. The van der Waals surface area contributed by atoms with Crippen molar-refractivity contribution < 1.29 is 20.4 Å². The van der Waals surface area contributed by atoms with E-state index in [1.54, 1.807) is 36.4 Å². The number of rotatable bonds is 4. The van der Waals surface area contributed by atoms with E-state index in [4.69, 9.17) is 0 Å². The second-order valence-electron chi connectivity index (χ2n) is 9.18. The van der Waals surface area contributed by atoms with Crippen LogP contribution in [-0.2, 0) is 12.8 Å². The van der Waals surface area contributed by atoms with Gasteiger partial charge in [0.05, 0.1) is 0 Å². The fraction of sp³-hybridized carbons (Fsp3) is 0.0588. The molecule has 0 saturated carbocycles. The first-order valence-corrected chi connectivity index (χ1v) is 12.4. The summed E-state index contributed by atoms with van der Waals surface area (Å²) in [6, 6.07) is 37.5. The van der Waals surface area contributed by atoms with Gasteiger partial charge in [-0.15, -0.1) is 0 Å². The largest absolute Gasteiger partial charge is 0.508 e. The molecule has 4 heteroatoms. The number of benzene rings is 6. The van der Waals surface area contributed by atoms with Crippen LogP contribution < -0.4 is 0 Å². The molecule has 0 atom stereocenters. The summed E-state index contributed by atoms with van der Waals surface area (Å²) in [6.45, 7) is 0. The Kier molecular flexibility index (Phi) is 7.14. The van der Waals surface area contributed by atoms with Gasteiger partial charge in [-0.25, -0.2) is 0 Å². The van der Waals surface area contributed by atoms with Crippen molar-refractivity contribution in [1.29, 1.82) is 0 Å². The number of hydrogen-bond acceptors (Lipinski definition) is 4. The Bertz CT molecular complexity index is 1600. The Balaban J connectivity index is 0.000000170. The molecule has 0 fully saturated rings. The molecule has 0 unspecified atom stereocenters. The zero-order valence-electron chi connectivity index (χ0n) is 20.8. The average Bonchev–Trinajstić information content (AvgIpc) is 2.94. The van der Waals surface area contributed by atoms with E-state index >= 15 is 0 Å². The molecule has 6 aromatic rings. The number of phenols is 4. The fourth-order valence-corrected chi connectivity index (χ4v) is 4.72. The smallest absolute Gasteiger partial charge is 0.119 e. The van der Waals surface area contributed by atoms with Gasteiger partial charge >= 0.3 is 0 Å². The van der Waals surface area contributed by atoms with Crippen molar-refractivity contribution >= 4 is 21.5 Å². The molecule has 0 amide bonds. The predicted molar refractivity (Wildman–Crippen MR) is 153 cm³/mol. The van der Waals surface area contributed by atoms with Gasteiger partial charge in [-0.2, -0.15) is 0 Å². The van der Waals surface area contributed by atoms with E-state index in [1.165, 1.54) is 0 Å². The Morgan fingerprint density at radius 1 is 0.342 bits per heavy atom. The molecule has 38 heavy (non-hydrogen) atoms. The van der Waals surface area contributed by atoms with Gasteiger partial charge in [-0.3, -0.25) is 0 Å². The van der Waals surface area contributed by atoms with Crippen molar-refractivity contribution in [1.82, 2.24) is 0 Å². The summed E-state index contributed by atoms with van der Waals surface area (Å²) in [4.78, 5) is 0. The quantitative estimate of drug-likeness (QED) is 0.200. The van der Waals surface area contributed by atoms with Crippen LogP contribution in [0.25, 0.3) is 21.5 Å². The van der Waals surface area contributed by atoms with Crippen LogP contribution in [0.5, 0.6) is 23.0 Å². The third-order valence-corrected chi connectivity index (χ3v) is 6.75. The molecule has 0 spiro atoms. The van der Waals surface area contributed by atoms with Gasteiger partial charge in [0.15, 0.2) is 0 Å². The third-order valence-electron chi connectivity index (χ3n) is 6.75. The number of phenolic OH excluding ortho intramolecular Hbond substituents is 4. The highest BCUT2D eigenvalue weighted by molar-refractivity contribution is 5.91. The summed E-state index contributed by atoms with van der Waals surface area (Å²) in [5.41, 5.74) is 3.32. The first-order chi connectivity index (χ1) is 18.5. The second kappa shape index (κ2) is 11.0. The van der Waals surface area contributed by atoms with E-state index in [2.05, 4.69) is 0 Å². The molecular formula is C34H28O4. The van der Waals surface area contributed by atoms with Gasteiger partial charge in [-0.05, 0) is 56.9 Å². The Morgan fingerprint density at radius 2 is 0.737 bits per heavy atom. The Hall–Kier alpha value is -4.96. The highest BCUT2D eigenvalue weighted by Crippen LogP contribution is 2.35. The van der Waals surface area contributed by atoms with Crippen LogP contribution in [0, 0.1) is 0 Å². The van der Waals surface area contributed by atoms with Crippen molar-refractivity contribution in [2.75, 3.05) is 0 Å². The van der Waals surface area contributed by atoms with Crippen LogP contribution in [0.2, 0.25) is 0 Å². The Morgan fingerprint density at radius 3 is 1.18 bits per heavy atom. The highest BCUT2D eigenvalue weighted by Gasteiger charge is 2.13. The molecule has 0 aliphatic rings. The zero-order chi connectivity index (χ0) is 26.5. The van der Waals surface area contributed by atoms with Crippen LogP contribution in [0.1, 0.15) is 22.3 Å². The van der Waals surface area contributed by atoms with E-state index in [-0.39, 0.29) is 23.0 Å². The summed E-state index contributed by atoms with van der Waals surface area (Å²) in [5.74, 6) is 1.05. The molecule has 0 aromatic heterocycles. The van der Waals surface area contributed by atoms with E-state index in [1.807, 2.05) is 84.9 Å². The van der Waals surface area contributed by atoms with Gasteiger partial charge in [0.25, 0.3) is 0 Å². The summed E-state index contributed by atoms with van der Waals surface area (Å²) in [5, 5.41) is 44.1. The van der Waals surface area contributed by atoms with E-state index in [9.17, 15) is 20.4 Å². The van der Waals surface area contributed by atoms with Crippen molar-refractivity contribution in [3.63, 3.8) is 0 Å². The summed E-state index contributed by atoms with van der Waals surface area (Å²) >= 11 is 0. The molecule has 4 N–H and O–H groups in total. The number of hydrogen-bond donors (Lipinski definition) is 4. The second-order valence-corrected chi connectivity index (χ2v) is 9.18. The zero-order valence-corrected chi connectivity index (χ0v) is 20.8. The topological polar surface area (TPSA) is 80.9 Å². The summed E-state index contributed by atoms with van der Waals surface area (Å²) in [7, 11) is 0. The summed E-state index contributed by atoms with van der Waals surface area (Å²) < 4.78 is 0. The first kappa shape index (κ1) is 24.7. The molecule has 0 bridgehead atoms. The maximum atomic E-state index is 10.4. The number of para-hydroxylation sites is 2. The molecular weight excluding hydrogens is 472 g/mol. The molecule has 6 rings (SSSR count). The lowest BCUT2D eigenvalue weighted by Gasteiger charge is -2.13. The normalized spacial score (nSPS) is 10.7. The molecule has 6 aromatic carbocycles. The van der Waals surface area contributed by atoms with Gasteiger partial charge in [-0.1, -0.05) is 97.1 Å². The van der Waals surface area contributed by atoms with E-state index in [0.717, 1.165) is 43.8 Å². The van der Waals surface area contributed by atoms with Gasteiger partial charge in [0.2, 0.25) is 0 Å².